The van der Waals surface area contributed by atoms with Gasteiger partial charge in [-0.3, -0.25) is 4.79 Å². The minimum absolute atomic E-state index is 0.0586. The molecule has 1 N–H and O–H groups in total. The highest BCUT2D eigenvalue weighted by atomic mass is 16.3. The van der Waals surface area contributed by atoms with E-state index in [1.165, 1.54) is 0 Å². The molecule has 78 valence electrons. The highest BCUT2D eigenvalue weighted by Gasteiger charge is 2.34. The van der Waals surface area contributed by atoms with Crippen LogP contribution in [0.1, 0.15) is 20.3 Å². The van der Waals surface area contributed by atoms with E-state index in [-0.39, 0.29) is 24.5 Å². The van der Waals surface area contributed by atoms with Crippen molar-refractivity contribution in [1.29, 1.82) is 5.26 Å². The summed E-state index contributed by atoms with van der Waals surface area (Å²) in [5, 5.41) is 17.7. The monoisotopic (exact) mass is 196 g/mol. The third kappa shape index (κ3) is 1.88. The van der Waals surface area contributed by atoms with Gasteiger partial charge in [0.05, 0.1) is 6.07 Å². The number of aliphatic hydroxyl groups is 1. The van der Waals surface area contributed by atoms with Gasteiger partial charge in [0.1, 0.15) is 5.92 Å². The lowest BCUT2D eigenvalue weighted by Crippen LogP contribution is -2.39. The summed E-state index contributed by atoms with van der Waals surface area (Å²) in [6.45, 7) is 4.32. The number of hydrogen-bond donors (Lipinski definition) is 1. The van der Waals surface area contributed by atoms with Gasteiger partial charge in [-0.05, 0) is 20.3 Å². The van der Waals surface area contributed by atoms with Crippen molar-refractivity contribution in [3.05, 3.63) is 0 Å². The van der Waals surface area contributed by atoms with Crippen LogP contribution in [0.5, 0.6) is 0 Å². The van der Waals surface area contributed by atoms with Gasteiger partial charge in [0, 0.05) is 25.1 Å². The van der Waals surface area contributed by atoms with Gasteiger partial charge in [0.15, 0.2) is 0 Å². The number of nitrogens with zero attached hydrogens (tertiary/aromatic N) is 2. The molecule has 4 heteroatoms. The van der Waals surface area contributed by atoms with Crippen LogP contribution in [0.25, 0.3) is 0 Å². The zero-order valence-corrected chi connectivity index (χ0v) is 8.60. The van der Waals surface area contributed by atoms with Gasteiger partial charge in [-0.2, -0.15) is 5.26 Å². The molecule has 0 bridgehead atoms. The van der Waals surface area contributed by atoms with E-state index < -0.39 is 5.92 Å². The number of carbonyl (C=O) groups excluding carboxylic acids is 1. The molecule has 1 aliphatic heterocycles. The van der Waals surface area contributed by atoms with E-state index >= 15 is 0 Å². The SMILES string of the molecule is CC(C#N)C(=O)N1CCC(CO)C1C. The summed E-state index contributed by atoms with van der Waals surface area (Å²) in [6, 6.07) is 2.00. The van der Waals surface area contributed by atoms with Crippen molar-refractivity contribution in [2.75, 3.05) is 13.2 Å². The average Bonchev–Trinajstić information content (AvgIpc) is 2.57. The number of carbonyl (C=O) groups is 1. The molecule has 3 atom stereocenters. The van der Waals surface area contributed by atoms with Crippen LogP contribution in [0.2, 0.25) is 0 Å². The van der Waals surface area contributed by atoms with Gasteiger partial charge in [-0.15, -0.1) is 0 Å². The molecule has 1 fully saturated rings. The van der Waals surface area contributed by atoms with E-state index in [2.05, 4.69) is 0 Å². The Labute approximate surface area is 84.1 Å². The molecule has 1 aliphatic rings. The second-order valence-electron chi connectivity index (χ2n) is 3.85. The fourth-order valence-electron chi connectivity index (χ4n) is 1.86. The summed E-state index contributed by atoms with van der Waals surface area (Å²) >= 11 is 0. The lowest BCUT2D eigenvalue weighted by Gasteiger charge is -2.24. The lowest BCUT2D eigenvalue weighted by molar-refractivity contribution is -0.134. The Balaban J connectivity index is 2.64. The van der Waals surface area contributed by atoms with Crippen LogP contribution in [0.3, 0.4) is 0 Å². The lowest BCUT2D eigenvalue weighted by atomic mass is 10.0. The predicted molar refractivity (Wildman–Crippen MR) is 51.1 cm³/mol. The van der Waals surface area contributed by atoms with Crippen LogP contribution in [0.4, 0.5) is 0 Å². The van der Waals surface area contributed by atoms with Crippen LogP contribution < -0.4 is 0 Å². The van der Waals surface area contributed by atoms with Gasteiger partial charge >= 0.3 is 0 Å². The van der Waals surface area contributed by atoms with E-state index in [1.807, 2.05) is 13.0 Å². The van der Waals surface area contributed by atoms with Crippen LogP contribution in [-0.4, -0.2) is 35.1 Å². The van der Waals surface area contributed by atoms with E-state index in [1.54, 1.807) is 11.8 Å². The topological polar surface area (TPSA) is 64.3 Å². The number of nitriles is 1. The largest absolute Gasteiger partial charge is 0.396 e. The minimum atomic E-state index is -0.574. The Kier molecular flexibility index (Phi) is 3.48. The molecule has 0 spiro atoms. The zero-order chi connectivity index (χ0) is 10.7. The first kappa shape index (κ1) is 11.0. The predicted octanol–water partition coefficient (Wildman–Crippen LogP) is 0.375. The van der Waals surface area contributed by atoms with E-state index in [9.17, 15) is 4.79 Å². The summed E-state index contributed by atoms with van der Waals surface area (Å²) < 4.78 is 0. The molecule has 0 aromatic rings. The first-order chi connectivity index (χ1) is 6.61. The highest BCUT2D eigenvalue weighted by Crippen LogP contribution is 2.24. The maximum atomic E-state index is 11.7. The quantitative estimate of drug-likeness (QED) is 0.694. The molecule has 1 rings (SSSR count). The third-order valence-corrected chi connectivity index (χ3v) is 3.00. The number of likely N-dealkylation sites (tertiary alicyclic amines) is 1. The minimum Gasteiger partial charge on any atom is -0.396 e. The fourth-order valence-corrected chi connectivity index (χ4v) is 1.86. The molecule has 1 amide bonds. The average molecular weight is 196 g/mol. The summed E-state index contributed by atoms with van der Waals surface area (Å²) in [6.07, 6.45) is 0.835. The second-order valence-corrected chi connectivity index (χ2v) is 3.85. The Bertz CT molecular complexity index is 259. The van der Waals surface area contributed by atoms with Gasteiger partial charge in [-0.1, -0.05) is 0 Å². The van der Waals surface area contributed by atoms with Crippen LogP contribution in [0, 0.1) is 23.2 Å². The van der Waals surface area contributed by atoms with E-state index in [0.717, 1.165) is 6.42 Å². The van der Waals surface area contributed by atoms with Crippen LogP contribution >= 0.6 is 0 Å². The number of hydrogen-bond acceptors (Lipinski definition) is 3. The maximum absolute atomic E-state index is 11.7. The number of amides is 1. The van der Waals surface area contributed by atoms with Crippen molar-refractivity contribution >= 4 is 5.91 Å². The highest BCUT2D eigenvalue weighted by molar-refractivity contribution is 5.81. The Hall–Kier alpha value is -1.08. The molecule has 0 aromatic heterocycles. The van der Waals surface area contributed by atoms with Gasteiger partial charge in [0.2, 0.25) is 5.91 Å². The van der Waals surface area contributed by atoms with Gasteiger partial charge < -0.3 is 10.0 Å². The second kappa shape index (κ2) is 4.43. The van der Waals surface area contributed by atoms with Gasteiger partial charge in [0.25, 0.3) is 0 Å². The van der Waals surface area contributed by atoms with Crippen LogP contribution in [0.15, 0.2) is 0 Å². The molecule has 1 saturated heterocycles. The molecule has 0 radical (unpaired) electrons. The molecule has 3 unspecified atom stereocenters. The smallest absolute Gasteiger partial charge is 0.239 e. The Morgan fingerprint density at radius 2 is 2.43 bits per heavy atom. The number of rotatable bonds is 2. The fraction of sp³-hybridized carbons (Fsp3) is 0.800. The van der Waals surface area contributed by atoms with Crippen LogP contribution in [-0.2, 0) is 4.79 Å². The summed E-state index contributed by atoms with van der Waals surface area (Å²) in [5.41, 5.74) is 0. The van der Waals surface area contributed by atoms with Crippen molar-refractivity contribution in [2.45, 2.75) is 26.3 Å². The first-order valence-electron chi connectivity index (χ1n) is 4.92. The summed E-state index contributed by atoms with van der Waals surface area (Å²) in [4.78, 5) is 13.4. The van der Waals surface area contributed by atoms with Crippen molar-refractivity contribution in [3.63, 3.8) is 0 Å². The standard InChI is InChI=1S/C10H16N2O2/c1-7(5-11)10(14)12-4-3-9(6-13)8(12)2/h7-9,13H,3-4,6H2,1-2H3. The Morgan fingerprint density at radius 1 is 1.79 bits per heavy atom. The van der Waals surface area contributed by atoms with Crippen molar-refractivity contribution < 1.29 is 9.90 Å². The summed E-state index contributed by atoms with van der Waals surface area (Å²) in [7, 11) is 0. The molecule has 0 saturated carbocycles. The first-order valence-corrected chi connectivity index (χ1v) is 4.92. The van der Waals surface area contributed by atoms with E-state index in [4.69, 9.17) is 10.4 Å². The zero-order valence-electron chi connectivity index (χ0n) is 8.60. The maximum Gasteiger partial charge on any atom is 0.239 e. The molecular weight excluding hydrogens is 180 g/mol. The Morgan fingerprint density at radius 3 is 2.86 bits per heavy atom. The van der Waals surface area contributed by atoms with Crippen molar-refractivity contribution in [3.8, 4) is 6.07 Å². The molecule has 0 aliphatic carbocycles. The normalized spacial score (nSPS) is 28.6. The molecule has 14 heavy (non-hydrogen) atoms. The molecule has 1 heterocycles. The van der Waals surface area contributed by atoms with Crippen molar-refractivity contribution in [2.24, 2.45) is 11.8 Å². The number of aliphatic hydroxyl groups excluding tert-OH is 1. The van der Waals surface area contributed by atoms with E-state index in [0.29, 0.717) is 6.54 Å². The molecule has 4 nitrogen and oxygen atoms in total. The third-order valence-electron chi connectivity index (χ3n) is 3.00. The van der Waals surface area contributed by atoms with Gasteiger partial charge in [-0.25, -0.2) is 0 Å². The summed E-state index contributed by atoms with van der Waals surface area (Å²) in [5.74, 6) is -0.518. The molecule has 0 aromatic carbocycles. The molecular formula is C10H16N2O2. The van der Waals surface area contributed by atoms with Crippen molar-refractivity contribution in [1.82, 2.24) is 4.90 Å².